The first-order valence-electron chi connectivity index (χ1n) is 6.16. The molecule has 1 rings (SSSR count). The van der Waals surface area contributed by atoms with Crippen LogP contribution in [-0.4, -0.2) is 25.5 Å². The Balaban J connectivity index is 1.88. The van der Waals surface area contributed by atoms with E-state index in [2.05, 4.69) is 24.5 Å². The van der Waals surface area contributed by atoms with E-state index in [4.69, 9.17) is 0 Å². The van der Waals surface area contributed by atoms with E-state index in [1.165, 1.54) is 12.8 Å². The van der Waals surface area contributed by atoms with Crippen molar-refractivity contribution in [2.45, 2.75) is 39.5 Å². The minimum Gasteiger partial charge on any atom is -0.356 e. The molecule has 1 saturated heterocycles. The van der Waals surface area contributed by atoms with Gasteiger partial charge in [0.15, 0.2) is 0 Å². The first kappa shape index (κ1) is 12.5. The molecule has 1 aliphatic heterocycles. The van der Waals surface area contributed by atoms with E-state index >= 15 is 0 Å². The van der Waals surface area contributed by atoms with Crippen LogP contribution in [0.5, 0.6) is 0 Å². The number of nitrogens with one attached hydrogen (secondary N) is 2. The van der Waals surface area contributed by atoms with E-state index in [1.807, 2.05) is 0 Å². The fourth-order valence-corrected chi connectivity index (χ4v) is 1.73. The number of amides is 1. The second-order valence-electron chi connectivity index (χ2n) is 4.97. The highest BCUT2D eigenvalue weighted by Crippen LogP contribution is 2.08. The average molecular weight is 212 g/mol. The quantitative estimate of drug-likeness (QED) is 0.629. The molecule has 1 amide bonds. The van der Waals surface area contributed by atoms with Crippen molar-refractivity contribution in [1.29, 1.82) is 0 Å². The molecule has 0 spiro atoms. The highest BCUT2D eigenvalue weighted by atomic mass is 16.1. The standard InChI is InChI=1S/C12H24N2O/c1-10(2)5-3-4-6-14-12(15)7-11-8-13-9-11/h10-11,13H,3-9H2,1-2H3,(H,14,15). The molecule has 0 unspecified atom stereocenters. The molecule has 1 fully saturated rings. The number of hydrogen-bond acceptors (Lipinski definition) is 2. The van der Waals surface area contributed by atoms with Crippen LogP contribution >= 0.6 is 0 Å². The monoisotopic (exact) mass is 212 g/mol. The molecule has 2 N–H and O–H groups in total. The van der Waals surface area contributed by atoms with Crippen molar-refractivity contribution in [3.8, 4) is 0 Å². The third-order valence-electron chi connectivity index (χ3n) is 2.87. The van der Waals surface area contributed by atoms with Gasteiger partial charge in [0.25, 0.3) is 0 Å². The van der Waals surface area contributed by atoms with Gasteiger partial charge in [-0.05, 0) is 31.3 Å². The maximum atomic E-state index is 11.4. The van der Waals surface area contributed by atoms with E-state index in [-0.39, 0.29) is 5.91 Å². The molecule has 1 heterocycles. The van der Waals surface area contributed by atoms with Crippen molar-refractivity contribution < 1.29 is 4.79 Å². The first-order valence-corrected chi connectivity index (χ1v) is 6.16. The molecule has 0 aromatic rings. The normalized spacial score (nSPS) is 16.5. The Labute approximate surface area is 93.0 Å². The molecular formula is C12H24N2O. The lowest BCUT2D eigenvalue weighted by molar-refractivity contribution is -0.122. The largest absolute Gasteiger partial charge is 0.356 e. The van der Waals surface area contributed by atoms with Gasteiger partial charge in [-0.25, -0.2) is 0 Å². The van der Waals surface area contributed by atoms with Gasteiger partial charge >= 0.3 is 0 Å². The smallest absolute Gasteiger partial charge is 0.220 e. The second-order valence-corrected chi connectivity index (χ2v) is 4.97. The summed E-state index contributed by atoms with van der Waals surface area (Å²) in [5, 5.41) is 6.16. The van der Waals surface area contributed by atoms with Gasteiger partial charge in [0, 0.05) is 13.0 Å². The van der Waals surface area contributed by atoms with Crippen molar-refractivity contribution in [2.75, 3.05) is 19.6 Å². The van der Waals surface area contributed by atoms with Crippen LogP contribution in [0, 0.1) is 11.8 Å². The SMILES string of the molecule is CC(C)CCCCNC(=O)CC1CNC1. The van der Waals surface area contributed by atoms with Crippen LogP contribution in [0.1, 0.15) is 39.5 Å². The summed E-state index contributed by atoms with van der Waals surface area (Å²) in [6.07, 6.45) is 4.31. The van der Waals surface area contributed by atoms with Crippen molar-refractivity contribution in [1.82, 2.24) is 10.6 Å². The molecular weight excluding hydrogens is 188 g/mol. The van der Waals surface area contributed by atoms with E-state index in [0.717, 1.165) is 32.0 Å². The lowest BCUT2D eigenvalue weighted by Crippen LogP contribution is -2.44. The second kappa shape index (κ2) is 6.83. The third kappa shape index (κ3) is 5.78. The molecule has 0 radical (unpaired) electrons. The zero-order chi connectivity index (χ0) is 11.1. The summed E-state index contributed by atoms with van der Waals surface area (Å²) in [4.78, 5) is 11.4. The molecule has 0 bridgehead atoms. The third-order valence-corrected chi connectivity index (χ3v) is 2.87. The summed E-state index contributed by atoms with van der Waals surface area (Å²) >= 11 is 0. The van der Waals surface area contributed by atoms with Crippen LogP contribution < -0.4 is 10.6 Å². The molecule has 88 valence electrons. The zero-order valence-corrected chi connectivity index (χ0v) is 10.0. The lowest BCUT2D eigenvalue weighted by Gasteiger charge is -2.26. The van der Waals surface area contributed by atoms with Crippen molar-refractivity contribution in [2.24, 2.45) is 11.8 Å². The summed E-state index contributed by atoms with van der Waals surface area (Å²) < 4.78 is 0. The molecule has 0 aromatic heterocycles. The minimum absolute atomic E-state index is 0.228. The van der Waals surface area contributed by atoms with Gasteiger partial charge in [0.2, 0.25) is 5.91 Å². The van der Waals surface area contributed by atoms with Gasteiger partial charge in [0.05, 0.1) is 0 Å². The van der Waals surface area contributed by atoms with E-state index in [9.17, 15) is 4.79 Å². The Morgan fingerprint density at radius 3 is 2.67 bits per heavy atom. The Morgan fingerprint density at radius 1 is 1.40 bits per heavy atom. The van der Waals surface area contributed by atoms with Crippen molar-refractivity contribution in [3.63, 3.8) is 0 Å². The number of hydrogen-bond donors (Lipinski definition) is 2. The van der Waals surface area contributed by atoms with Crippen molar-refractivity contribution in [3.05, 3.63) is 0 Å². The van der Waals surface area contributed by atoms with Crippen LogP contribution in [-0.2, 0) is 4.79 Å². The topological polar surface area (TPSA) is 41.1 Å². The van der Waals surface area contributed by atoms with Gasteiger partial charge in [-0.2, -0.15) is 0 Å². The van der Waals surface area contributed by atoms with E-state index < -0.39 is 0 Å². The Morgan fingerprint density at radius 2 is 2.13 bits per heavy atom. The predicted molar refractivity (Wildman–Crippen MR) is 62.7 cm³/mol. The Bertz CT molecular complexity index is 188. The first-order chi connectivity index (χ1) is 7.18. The Hall–Kier alpha value is -0.570. The fourth-order valence-electron chi connectivity index (χ4n) is 1.73. The van der Waals surface area contributed by atoms with Gasteiger partial charge in [0.1, 0.15) is 0 Å². The highest BCUT2D eigenvalue weighted by Gasteiger charge is 2.19. The molecule has 15 heavy (non-hydrogen) atoms. The average Bonchev–Trinajstić information content (AvgIpc) is 2.10. The zero-order valence-electron chi connectivity index (χ0n) is 10.0. The molecule has 1 aliphatic rings. The van der Waals surface area contributed by atoms with Crippen LogP contribution in [0.25, 0.3) is 0 Å². The number of carbonyl (C=O) groups is 1. The van der Waals surface area contributed by atoms with Gasteiger partial charge in [-0.3, -0.25) is 4.79 Å². The summed E-state index contributed by atoms with van der Waals surface area (Å²) in [6.45, 7) is 7.36. The number of unbranched alkanes of at least 4 members (excludes halogenated alkanes) is 1. The van der Waals surface area contributed by atoms with Crippen LogP contribution in [0.2, 0.25) is 0 Å². The predicted octanol–water partition coefficient (Wildman–Crippen LogP) is 1.54. The molecule has 0 atom stereocenters. The summed E-state index contributed by atoms with van der Waals surface area (Å²) in [5.41, 5.74) is 0. The van der Waals surface area contributed by atoms with Gasteiger partial charge < -0.3 is 10.6 Å². The van der Waals surface area contributed by atoms with Gasteiger partial charge in [-0.1, -0.05) is 26.7 Å². The summed E-state index contributed by atoms with van der Waals surface area (Å²) in [6, 6.07) is 0. The molecule has 0 aromatic carbocycles. The molecule has 0 aliphatic carbocycles. The van der Waals surface area contributed by atoms with Crippen molar-refractivity contribution >= 4 is 5.91 Å². The molecule has 3 nitrogen and oxygen atoms in total. The molecule has 3 heteroatoms. The molecule has 0 saturated carbocycles. The lowest BCUT2D eigenvalue weighted by atomic mass is 9.99. The van der Waals surface area contributed by atoms with Gasteiger partial charge in [-0.15, -0.1) is 0 Å². The van der Waals surface area contributed by atoms with Crippen LogP contribution in [0.4, 0.5) is 0 Å². The number of carbonyl (C=O) groups excluding carboxylic acids is 1. The minimum atomic E-state index is 0.228. The highest BCUT2D eigenvalue weighted by molar-refractivity contribution is 5.76. The summed E-state index contributed by atoms with van der Waals surface area (Å²) in [5.74, 6) is 1.59. The van der Waals surface area contributed by atoms with E-state index in [1.54, 1.807) is 0 Å². The maximum Gasteiger partial charge on any atom is 0.220 e. The summed E-state index contributed by atoms with van der Waals surface area (Å²) in [7, 11) is 0. The van der Waals surface area contributed by atoms with Crippen LogP contribution in [0.15, 0.2) is 0 Å². The number of rotatable bonds is 7. The fraction of sp³-hybridized carbons (Fsp3) is 0.917. The Kier molecular flexibility index (Phi) is 5.69. The maximum absolute atomic E-state index is 11.4. The van der Waals surface area contributed by atoms with E-state index in [0.29, 0.717) is 12.3 Å². The van der Waals surface area contributed by atoms with Crippen LogP contribution in [0.3, 0.4) is 0 Å².